The second-order valence-corrected chi connectivity index (χ2v) is 2.86. The van der Waals surface area contributed by atoms with Crippen molar-refractivity contribution in [3.05, 3.63) is 54.1 Å². The fourth-order valence-corrected chi connectivity index (χ4v) is 1.07. The maximum atomic E-state index is 9.45. The molecule has 1 aromatic carbocycles. The number of nitrogens with zero attached hydrogens (tertiary/aromatic N) is 2. The Balaban J connectivity index is 2.31. The first-order chi connectivity index (χ1) is 7.36. The van der Waals surface area contributed by atoms with E-state index in [-0.39, 0.29) is 5.75 Å². The molecule has 0 fully saturated rings. The highest BCUT2D eigenvalue weighted by Crippen LogP contribution is 2.13. The molecule has 15 heavy (non-hydrogen) atoms. The van der Waals surface area contributed by atoms with Gasteiger partial charge in [0.05, 0.1) is 11.8 Å². The second-order valence-electron chi connectivity index (χ2n) is 2.86. The predicted octanol–water partition coefficient (Wildman–Crippen LogP) is 1.58. The van der Waals surface area contributed by atoms with E-state index in [9.17, 15) is 5.11 Å². The Morgan fingerprint density at radius 3 is 2.67 bits per heavy atom. The maximum Gasteiger partial charge on any atom is 0.131 e. The molecule has 0 atom stereocenters. The minimum absolute atomic E-state index is 0.175. The molecule has 3 nitrogen and oxygen atoms in total. The Kier molecular flexibility index (Phi) is 2.61. The van der Waals surface area contributed by atoms with Gasteiger partial charge in [-0.05, 0) is 18.1 Å². The first-order valence-electron chi connectivity index (χ1n) is 4.42. The minimum atomic E-state index is 0.175. The number of hydrogen-bond donors (Lipinski definition) is 1. The van der Waals surface area contributed by atoms with Gasteiger partial charge in [-0.1, -0.05) is 18.1 Å². The van der Waals surface area contributed by atoms with Crippen molar-refractivity contribution in [3.63, 3.8) is 0 Å². The predicted molar refractivity (Wildman–Crippen MR) is 56.1 cm³/mol. The van der Waals surface area contributed by atoms with Crippen LogP contribution in [0.15, 0.2) is 42.9 Å². The highest BCUT2D eigenvalue weighted by Gasteiger charge is 1.93. The Labute approximate surface area is 87.5 Å². The van der Waals surface area contributed by atoms with Gasteiger partial charge in [-0.15, -0.1) is 0 Å². The lowest BCUT2D eigenvalue weighted by Gasteiger charge is -1.93. The van der Waals surface area contributed by atoms with Gasteiger partial charge in [0.15, 0.2) is 0 Å². The molecule has 0 amide bonds. The second kappa shape index (κ2) is 4.25. The number of aromatic hydroxyl groups is 1. The van der Waals surface area contributed by atoms with Crippen LogP contribution in [0.5, 0.6) is 5.75 Å². The number of benzene rings is 1. The molecule has 0 radical (unpaired) electrons. The molecule has 0 bridgehead atoms. The fraction of sp³-hybridized carbons (Fsp3) is 0. The fourth-order valence-electron chi connectivity index (χ4n) is 1.07. The van der Waals surface area contributed by atoms with Crippen molar-refractivity contribution >= 4 is 0 Å². The van der Waals surface area contributed by atoms with Gasteiger partial charge in [-0.2, -0.15) is 0 Å². The molecule has 1 heterocycles. The summed E-state index contributed by atoms with van der Waals surface area (Å²) < 4.78 is 0. The maximum absolute atomic E-state index is 9.45. The number of rotatable bonds is 0. The summed E-state index contributed by atoms with van der Waals surface area (Å²) in [5.41, 5.74) is 1.17. The standard InChI is InChI=1S/C12H8N2O/c15-12-4-2-1-3-10(12)5-6-11-9-13-7-8-14-11/h1-4,7-9,15H. The van der Waals surface area contributed by atoms with Crippen molar-refractivity contribution in [3.8, 4) is 17.6 Å². The molecule has 0 unspecified atom stereocenters. The summed E-state index contributed by atoms with van der Waals surface area (Å²) in [5.74, 6) is 5.82. The van der Waals surface area contributed by atoms with Gasteiger partial charge in [-0.25, -0.2) is 4.98 Å². The quantitative estimate of drug-likeness (QED) is 0.651. The van der Waals surface area contributed by atoms with Gasteiger partial charge in [-0.3, -0.25) is 4.98 Å². The van der Waals surface area contributed by atoms with E-state index in [1.54, 1.807) is 36.8 Å². The molecule has 1 N–H and O–H groups in total. The molecular weight excluding hydrogens is 188 g/mol. The molecule has 72 valence electrons. The van der Waals surface area contributed by atoms with Gasteiger partial charge in [0.2, 0.25) is 0 Å². The normalized spacial score (nSPS) is 9.07. The van der Waals surface area contributed by atoms with Gasteiger partial charge < -0.3 is 5.11 Å². The highest BCUT2D eigenvalue weighted by molar-refractivity contribution is 5.47. The third kappa shape index (κ3) is 2.32. The average Bonchev–Trinajstić information content (AvgIpc) is 2.29. The van der Waals surface area contributed by atoms with Crippen LogP contribution in [-0.4, -0.2) is 15.1 Å². The summed E-state index contributed by atoms with van der Waals surface area (Å²) in [7, 11) is 0. The Hall–Kier alpha value is -2.34. The van der Waals surface area contributed by atoms with Crippen LogP contribution in [0.4, 0.5) is 0 Å². The lowest BCUT2D eigenvalue weighted by atomic mass is 10.2. The molecule has 1 aromatic heterocycles. The molecule has 0 saturated heterocycles. The summed E-state index contributed by atoms with van der Waals surface area (Å²) >= 11 is 0. The van der Waals surface area contributed by atoms with E-state index in [4.69, 9.17) is 0 Å². The number of para-hydroxylation sites is 1. The first kappa shape index (κ1) is 9.22. The van der Waals surface area contributed by atoms with E-state index in [0.29, 0.717) is 11.3 Å². The smallest absolute Gasteiger partial charge is 0.131 e. The summed E-state index contributed by atoms with van der Waals surface area (Å²) in [6.45, 7) is 0. The van der Waals surface area contributed by atoms with Crippen LogP contribution in [0.3, 0.4) is 0 Å². The summed E-state index contributed by atoms with van der Waals surface area (Å²) in [6, 6.07) is 6.92. The molecule has 0 aliphatic carbocycles. The molecule has 0 aliphatic heterocycles. The minimum Gasteiger partial charge on any atom is -0.507 e. The summed E-state index contributed by atoms with van der Waals surface area (Å²) in [5, 5.41) is 9.45. The van der Waals surface area contributed by atoms with E-state index >= 15 is 0 Å². The number of hydrogen-bond acceptors (Lipinski definition) is 3. The zero-order chi connectivity index (χ0) is 10.5. The highest BCUT2D eigenvalue weighted by atomic mass is 16.3. The van der Waals surface area contributed by atoms with E-state index < -0.39 is 0 Å². The molecule has 0 spiro atoms. The zero-order valence-corrected chi connectivity index (χ0v) is 7.88. The van der Waals surface area contributed by atoms with Crippen LogP contribution in [0.25, 0.3) is 0 Å². The Bertz CT molecular complexity index is 512. The van der Waals surface area contributed by atoms with E-state index in [1.807, 2.05) is 6.07 Å². The van der Waals surface area contributed by atoms with Crippen molar-refractivity contribution < 1.29 is 5.11 Å². The molecular formula is C12H8N2O. The van der Waals surface area contributed by atoms with E-state index in [0.717, 1.165) is 0 Å². The van der Waals surface area contributed by atoms with Gasteiger partial charge in [0.1, 0.15) is 11.4 Å². The average molecular weight is 196 g/mol. The third-order valence-electron chi connectivity index (χ3n) is 1.79. The van der Waals surface area contributed by atoms with Crippen molar-refractivity contribution in [2.24, 2.45) is 0 Å². The first-order valence-corrected chi connectivity index (χ1v) is 4.42. The van der Waals surface area contributed by atoms with Crippen molar-refractivity contribution in [2.45, 2.75) is 0 Å². The largest absolute Gasteiger partial charge is 0.507 e. The number of phenolic OH excluding ortho intramolecular Hbond substituents is 1. The molecule has 2 rings (SSSR count). The van der Waals surface area contributed by atoms with Crippen LogP contribution >= 0.6 is 0 Å². The van der Waals surface area contributed by atoms with E-state index in [2.05, 4.69) is 21.8 Å². The molecule has 2 aromatic rings. The number of phenols is 1. The van der Waals surface area contributed by atoms with Crippen LogP contribution < -0.4 is 0 Å². The molecule has 3 heteroatoms. The lowest BCUT2D eigenvalue weighted by Crippen LogP contribution is -1.82. The molecule has 0 saturated carbocycles. The lowest BCUT2D eigenvalue weighted by molar-refractivity contribution is 0.473. The topological polar surface area (TPSA) is 46.0 Å². The Morgan fingerprint density at radius 2 is 1.93 bits per heavy atom. The van der Waals surface area contributed by atoms with Crippen LogP contribution in [0.2, 0.25) is 0 Å². The monoisotopic (exact) mass is 196 g/mol. The van der Waals surface area contributed by atoms with Crippen LogP contribution in [0.1, 0.15) is 11.3 Å². The Morgan fingerprint density at radius 1 is 1.07 bits per heavy atom. The van der Waals surface area contributed by atoms with Crippen LogP contribution in [-0.2, 0) is 0 Å². The number of aromatic nitrogens is 2. The summed E-state index contributed by atoms with van der Waals surface area (Å²) in [4.78, 5) is 7.90. The molecule has 0 aliphatic rings. The van der Waals surface area contributed by atoms with Crippen molar-refractivity contribution in [1.82, 2.24) is 9.97 Å². The van der Waals surface area contributed by atoms with E-state index in [1.165, 1.54) is 0 Å². The van der Waals surface area contributed by atoms with Gasteiger partial charge in [0.25, 0.3) is 0 Å². The third-order valence-corrected chi connectivity index (χ3v) is 1.79. The zero-order valence-electron chi connectivity index (χ0n) is 7.88. The summed E-state index contributed by atoms with van der Waals surface area (Å²) in [6.07, 6.45) is 4.74. The SMILES string of the molecule is Oc1ccccc1C#Cc1cnccn1. The van der Waals surface area contributed by atoms with Crippen molar-refractivity contribution in [1.29, 1.82) is 0 Å². The van der Waals surface area contributed by atoms with Crippen LogP contribution in [0, 0.1) is 11.8 Å². The van der Waals surface area contributed by atoms with Gasteiger partial charge in [0, 0.05) is 12.4 Å². The van der Waals surface area contributed by atoms with Crippen molar-refractivity contribution in [2.75, 3.05) is 0 Å². The van der Waals surface area contributed by atoms with Gasteiger partial charge >= 0.3 is 0 Å².